The van der Waals surface area contributed by atoms with Crippen molar-refractivity contribution in [3.63, 3.8) is 0 Å². The lowest BCUT2D eigenvalue weighted by molar-refractivity contribution is -0.121. The first-order chi connectivity index (χ1) is 13.1. The fourth-order valence-electron chi connectivity index (χ4n) is 3.00. The van der Waals surface area contributed by atoms with E-state index in [-0.39, 0.29) is 18.4 Å². The quantitative estimate of drug-likeness (QED) is 0.763. The van der Waals surface area contributed by atoms with Gasteiger partial charge >= 0.3 is 0 Å². The molecule has 0 spiro atoms. The van der Waals surface area contributed by atoms with Crippen LogP contribution < -0.4 is 15.0 Å². The molecular formula is C21H24N2O4. The molecule has 0 radical (unpaired) electrons. The number of hydrogen-bond acceptors (Lipinski definition) is 4. The van der Waals surface area contributed by atoms with Gasteiger partial charge in [-0.2, -0.15) is 0 Å². The van der Waals surface area contributed by atoms with E-state index in [1.54, 1.807) is 18.1 Å². The molecule has 0 unspecified atom stereocenters. The summed E-state index contributed by atoms with van der Waals surface area (Å²) in [6.45, 7) is 3.57. The van der Waals surface area contributed by atoms with E-state index in [4.69, 9.17) is 9.47 Å². The Bertz CT molecular complexity index is 835. The molecule has 2 aromatic rings. The third kappa shape index (κ3) is 4.65. The Morgan fingerprint density at radius 3 is 2.93 bits per heavy atom. The first-order valence-corrected chi connectivity index (χ1v) is 8.98. The lowest BCUT2D eigenvalue weighted by atomic mass is 10.1. The molecule has 0 atom stereocenters. The maximum absolute atomic E-state index is 12.4. The van der Waals surface area contributed by atoms with Crippen LogP contribution >= 0.6 is 0 Å². The molecule has 0 bridgehead atoms. The summed E-state index contributed by atoms with van der Waals surface area (Å²) in [4.78, 5) is 26.4. The Morgan fingerprint density at radius 1 is 1.26 bits per heavy atom. The van der Waals surface area contributed by atoms with Crippen LogP contribution in [0.15, 0.2) is 42.5 Å². The first kappa shape index (κ1) is 18.9. The summed E-state index contributed by atoms with van der Waals surface area (Å²) in [6, 6.07) is 13.1. The summed E-state index contributed by atoms with van der Waals surface area (Å²) in [5.41, 5.74) is 3.30. The highest BCUT2D eigenvalue weighted by Crippen LogP contribution is 2.33. The number of carbonyl (C=O) groups is 2. The minimum atomic E-state index is -0.128. The number of fused-ring (bicyclic) bond motifs is 1. The molecule has 1 aliphatic heterocycles. The van der Waals surface area contributed by atoms with Crippen LogP contribution in [0.1, 0.15) is 27.9 Å². The first-order valence-electron chi connectivity index (χ1n) is 8.98. The molecule has 1 heterocycles. The predicted molar refractivity (Wildman–Crippen MR) is 103 cm³/mol. The Morgan fingerprint density at radius 2 is 2.11 bits per heavy atom. The number of amides is 2. The van der Waals surface area contributed by atoms with Crippen molar-refractivity contribution in [3.05, 3.63) is 59.2 Å². The molecule has 0 fully saturated rings. The molecule has 1 aliphatic rings. The smallest absolute Gasteiger partial charge is 0.265 e. The van der Waals surface area contributed by atoms with Gasteiger partial charge in [0.1, 0.15) is 5.75 Å². The topological polar surface area (TPSA) is 67.9 Å². The van der Waals surface area contributed by atoms with Gasteiger partial charge in [0.15, 0.2) is 6.61 Å². The number of carbonyl (C=O) groups excluding carboxylic acids is 2. The number of nitrogens with zero attached hydrogens (tertiary/aromatic N) is 1. The summed E-state index contributed by atoms with van der Waals surface area (Å²) >= 11 is 0. The number of ether oxygens (including phenoxy) is 2. The third-order valence-electron chi connectivity index (χ3n) is 4.40. The highest BCUT2D eigenvalue weighted by Gasteiger charge is 2.25. The van der Waals surface area contributed by atoms with E-state index in [1.807, 2.05) is 43.3 Å². The van der Waals surface area contributed by atoms with Gasteiger partial charge in [-0.15, -0.1) is 0 Å². The zero-order chi connectivity index (χ0) is 19.2. The van der Waals surface area contributed by atoms with Gasteiger partial charge in [0.2, 0.25) is 0 Å². The zero-order valence-corrected chi connectivity index (χ0v) is 15.7. The lowest BCUT2D eigenvalue weighted by Crippen LogP contribution is -2.38. The molecule has 2 aromatic carbocycles. The standard InChI is InChI=1S/C21H24N2O4/c1-15-7-8-18-19(11-15)27-14-20(24)23(18)13-16-5-3-6-17(12-16)21(25)22-9-4-10-26-2/h3,5-8,11-12H,4,9-10,13-14H2,1-2H3,(H,22,25). The molecule has 3 rings (SSSR count). The fraction of sp³-hybridized carbons (Fsp3) is 0.333. The lowest BCUT2D eigenvalue weighted by Gasteiger charge is -2.29. The fourth-order valence-corrected chi connectivity index (χ4v) is 3.00. The molecule has 6 nitrogen and oxygen atoms in total. The number of rotatable bonds is 7. The van der Waals surface area contributed by atoms with Crippen LogP contribution in [0.4, 0.5) is 5.69 Å². The molecule has 142 valence electrons. The maximum Gasteiger partial charge on any atom is 0.265 e. The molecule has 0 saturated heterocycles. The Labute approximate surface area is 159 Å². The van der Waals surface area contributed by atoms with Crippen molar-refractivity contribution < 1.29 is 19.1 Å². The number of methoxy groups -OCH3 is 1. The van der Waals surface area contributed by atoms with Gasteiger partial charge in [-0.25, -0.2) is 0 Å². The van der Waals surface area contributed by atoms with Crippen LogP contribution in [0.25, 0.3) is 0 Å². The van der Waals surface area contributed by atoms with Crippen molar-refractivity contribution in [1.29, 1.82) is 0 Å². The minimum absolute atomic E-state index is 0.0239. The van der Waals surface area contributed by atoms with E-state index in [0.29, 0.717) is 31.0 Å². The van der Waals surface area contributed by atoms with Crippen LogP contribution in [-0.4, -0.2) is 38.7 Å². The number of nitrogens with one attached hydrogen (secondary N) is 1. The van der Waals surface area contributed by atoms with Gasteiger partial charge in [-0.3, -0.25) is 9.59 Å². The molecule has 0 aliphatic carbocycles. The second-order valence-electron chi connectivity index (χ2n) is 6.54. The van der Waals surface area contributed by atoms with Crippen molar-refractivity contribution in [3.8, 4) is 5.75 Å². The van der Waals surface area contributed by atoms with Crippen molar-refractivity contribution >= 4 is 17.5 Å². The average molecular weight is 368 g/mol. The monoisotopic (exact) mass is 368 g/mol. The Hall–Kier alpha value is -2.86. The second kappa shape index (κ2) is 8.68. The van der Waals surface area contributed by atoms with E-state index in [9.17, 15) is 9.59 Å². The van der Waals surface area contributed by atoms with Crippen LogP contribution in [0.5, 0.6) is 5.75 Å². The molecular weight excluding hydrogens is 344 g/mol. The molecule has 6 heteroatoms. The SMILES string of the molecule is COCCCNC(=O)c1cccc(CN2C(=O)COc3cc(C)ccc32)c1. The van der Waals surface area contributed by atoms with Crippen molar-refractivity contribution in [2.75, 3.05) is 31.8 Å². The van der Waals surface area contributed by atoms with E-state index in [0.717, 1.165) is 23.2 Å². The second-order valence-corrected chi connectivity index (χ2v) is 6.54. The van der Waals surface area contributed by atoms with Crippen LogP contribution in [-0.2, 0) is 16.1 Å². The molecule has 0 aromatic heterocycles. The van der Waals surface area contributed by atoms with Crippen molar-refractivity contribution in [1.82, 2.24) is 5.32 Å². The van der Waals surface area contributed by atoms with E-state index in [2.05, 4.69) is 5.32 Å². The zero-order valence-electron chi connectivity index (χ0n) is 15.7. The van der Waals surface area contributed by atoms with E-state index >= 15 is 0 Å². The number of benzene rings is 2. The average Bonchev–Trinajstić information content (AvgIpc) is 2.67. The molecule has 1 N–H and O–H groups in total. The number of hydrogen-bond donors (Lipinski definition) is 1. The van der Waals surface area contributed by atoms with Gasteiger partial charge in [0.25, 0.3) is 11.8 Å². The highest BCUT2D eigenvalue weighted by atomic mass is 16.5. The van der Waals surface area contributed by atoms with E-state index in [1.165, 1.54) is 0 Å². The van der Waals surface area contributed by atoms with Gasteiger partial charge < -0.3 is 19.7 Å². The summed E-state index contributed by atoms with van der Waals surface area (Å²) < 4.78 is 10.5. The van der Waals surface area contributed by atoms with Crippen molar-refractivity contribution in [2.24, 2.45) is 0 Å². The Kier molecular flexibility index (Phi) is 6.08. The highest BCUT2D eigenvalue weighted by molar-refractivity contribution is 5.98. The number of aryl methyl sites for hydroxylation is 1. The van der Waals surface area contributed by atoms with Gasteiger partial charge in [-0.1, -0.05) is 18.2 Å². The van der Waals surface area contributed by atoms with Gasteiger partial charge in [0, 0.05) is 25.8 Å². The summed E-state index contributed by atoms with van der Waals surface area (Å²) in [5.74, 6) is 0.486. The molecule has 0 saturated carbocycles. The van der Waals surface area contributed by atoms with E-state index < -0.39 is 0 Å². The van der Waals surface area contributed by atoms with Crippen LogP contribution in [0.2, 0.25) is 0 Å². The maximum atomic E-state index is 12.4. The van der Waals surface area contributed by atoms with Gasteiger partial charge in [-0.05, 0) is 48.7 Å². The van der Waals surface area contributed by atoms with Gasteiger partial charge in [0.05, 0.1) is 12.2 Å². The van der Waals surface area contributed by atoms with Crippen LogP contribution in [0.3, 0.4) is 0 Å². The Balaban J connectivity index is 1.73. The normalized spacial score (nSPS) is 13.1. The number of anilines is 1. The molecule has 2 amide bonds. The molecule has 27 heavy (non-hydrogen) atoms. The summed E-state index contributed by atoms with van der Waals surface area (Å²) in [7, 11) is 1.64. The predicted octanol–water partition coefficient (Wildman–Crippen LogP) is 2.69. The van der Waals surface area contributed by atoms with Crippen molar-refractivity contribution in [2.45, 2.75) is 19.9 Å². The third-order valence-corrected chi connectivity index (χ3v) is 4.40. The van der Waals surface area contributed by atoms with Crippen LogP contribution in [0, 0.1) is 6.92 Å². The minimum Gasteiger partial charge on any atom is -0.482 e. The largest absolute Gasteiger partial charge is 0.482 e. The summed E-state index contributed by atoms with van der Waals surface area (Å²) in [5, 5.41) is 2.88. The summed E-state index contributed by atoms with van der Waals surface area (Å²) in [6.07, 6.45) is 0.764.